The molecular weight excluding hydrogens is 350 g/mol. The van der Waals surface area contributed by atoms with Gasteiger partial charge in [0.2, 0.25) is 5.78 Å². The molecule has 0 saturated carbocycles. The minimum absolute atomic E-state index is 0.138. The van der Waals surface area contributed by atoms with E-state index >= 15 is 0 Å². The van der Waals surface area contributed by atoms with Gasteiger partial charge in [0.15, 0.2) is 0 Å². The zero-order valence-electron chi connectivity index (χ0n) is 14.2. The summed E-state index contributed by atoms with van der Waals surface area (Å²) < 4.78 is 6.97. The van der Waals surface area contributed by atoms with E-state index in [0.29, 0.717) is 33.8 Å². The van der Waals surface area contributed by atoms with E-state index < -0.39 is 5.97 Å². The number of aryl methyl sites for hydroxylation is 1. The number of pyridine rings is 1. The first-order valence-electron chi connectivity index (χ1n) is 8.05. The van der Waals surface area contributed by atoms with Crippen LogP contribution in [0.3, 0.4) is 0 Å². The number of rotatable bonds is 5. The van der Waals surface area contributed by atoms with Crippen LogP contribution in [0.25, 0.3) is 5.52 Å². The van der Waals surface area contributed by atoms with Gasteiger partial charge in [-0.3, -0.25) is 4.79 Å². The molecule has 0 N–H and O–H groups in total. The summed E-state index contributed by atoms with van der Waals surface area (Å²) in [6.07, 6.45) is 5.52. The number of hydrogen-bond acceptors (Lipinski definition) is 3. The van der Waals surface area contributed by atoms with Gasteiger partial charge >= 0.3 is 5.97 Å². The van der Waals surface area contributed by atoms with E-state index in [1.807, 2.05) is 19.1 Å². The second-order valence-electron chi connectivity index (χ2n) is 5.76. The third-order valence-corrected chi connectivity index (χ3v) is 4.27. The summed E-state index contributed by atoms with van der Waals surface area (Å²) >= 11 is 5.90. The highest BCUT2D eigenvalue weighted by atomic mass is 35.5. The van der Waals surface area contributed by atoms with Gasteiger partial charge in [0.1, 0.15) is 6.61 Å². The lowest BCUT2D eigenvalue weighted by molar-refractivity contribution is 0.0516. The highest BCUT2D eigenvalue weighted by Crippen LogP contribution is 2.23. The Morgan fingerprint density at radius 1 is 1.19 bits per heavy atom. The molecule has 0 bridgehead atoms. The molecular formula is C21H16ClNO3. The van der Waals surface area contributed by atoms with Crippen LogP contribution in [0, 0.1) is 19.3 Å². The number of carbonyl (C=O) groups excluding carboxylic acids is 2. The average Bonchev–Trinajstić information content (AvgIpc) is 3.03. The normalized spacial score (nSPS) is 10.5. The molecule has 130 valence electrons. The number of ketones is 1. The van der Waals surface area contributed by atoms with E-state index in [4.69, 9.17) is 22.8 Å². The van der Waals surface area contributed by atoms with Gasteiger partial charge in [0.05, 0.1) is 16.8 Å². The van der Waals surface area contributed by atoms with Crippen molar-refractivity contribution in [3.63, 3.8) is 0 Å². The van der Waals surface area contributed by atoms with Crippen molar-refractivity contribution < 1.29 is 14.3 Å². The predicted molar refractivity (Wildman–Crippen MR) is 101 cm³/mol. The van der Waals surface area contributed by atoms with Crippen LogP contribution in [-0.4, -0.2) is 22.8 Å². The molecule has 5 heteroatoms. The standard InChI is InChI=1S/C21H16ClNO3/c1-3-4-12-26-21(25)17-13-19(23-14(2)6-5-7-18(17)23)20(24)15-8-10-16(22)11-9-15/h1,5-11,13H,4,12H2,2H3. The van der Waals surface area contributed by atoms with Crippen LogP contribution in [0.2, 0.25) is 5.02 Å². The number of halogens is 1. The summed E-state index contributed by atoms with van der Waals surface area (Å²) in [5, 5.41) is 0.551. The summed E-state index contributed by atoms with van der Waals surface area (Å²) in [6.45, 7) is 2.01. The van der Waals surface area contributed by atoms with E-state index in [1.165, 1.54) is 0 Å². The lowest BCUT2D eigenvalue weighted by Gasteiger charge is -2.06. The van der Waals surface area contributed by atoms with Crippen molar-refractivity contribution in [3.8, 4) is 12.3 Å². The molecule has 0 unspecified atom stereocenters. The molecule has 0 aliphatic heterocycles. The summed E-state index contributed by atoms with van der Waals surface area (Å²) in [7, 11) is 0. The number of carbonyl (C=O) groups is 2. The first-order chi connectivity index (χ1) is 12.5. The van der Waals surface area contributed by atoms with Gasteiger partial charge in [-0.1, -0.05) is 17.7 Å². The fraction of sp³-hybridized carbons (Fsp3) is 0.143. The second kappa shape index (κ2) is 7.47. The van der Waals surface area contributed by atoms with E-state index in [0.717, 1.165) is 5.69 Å². The van der Waals surface area contributed by atoms with Gasteiger partial charge in [-0.05, 0) is 49.4 Å². The van der Waals surface area contributed by atoms with Gasteiger partial charge in [-0.15, -0.1) is 12.3 Å². The van der Waals surface area contributed by atoms with Gasteiger partial charge in [0, 0.05) is 22.7 Å². The average molecular weight is 366 g/mol. The second-order valence-corrected chi connectivity index (χ2v) is 6.19. The van der Waals surface area contributed by atoms with Gasteiger partial charge < -0.3 is 9.14 Å². The summed E-state index contributed by atoms with van der Waals surface area (Å²) in [5.41, 5.74) is 2.67. The molecule has 2 aromatic heterocycles. The molecule has 0 aliphatic rings. The van der Waals surface area contributed by atoms with Gasteiger partial charge in [0.25, 0.3) is 0 Å². The van der Waals surface area contributed by atoms with Crippen LogP contribution in [0.4, 0.5) is 0 Å². The first-order valence-corrected chi connectivity index (χ1v) is 8.42. The summed E-state index contributed by atoms with van der Waals surface area (Å²) in [5.74, 6) is 1.72. The molecule has 0 spiro atoms. The van der Waals surface area contributed by atoms with E-state index in [2.05, 4.69) is 5.92 Å². The summed E-state index contributed by atoms with van der Waals surface area (Å²) in [6, 6.07) is 13.7. The molecule has 1 aromatic carbocycles. The number of esters is 1. The molecule has 0 saturated heterocycles. The Kier molecular flexibility index (Phi) is 5.11. The lowest BCUT2D eigenvalue weighted by Crippen LogP contribution is -2.06. The molecule has 0 aliphatic carbocycles. The number of hydrogen-bond donors (Lipinski definition) is 0. The SMILES string of the molecule is C#CCCOC(=O)c1cc(C(=O)c2ccc(Cl)cc2)n2c(C)cccc12. The van der Waals surface area contributed by atoms with E-state index in [-0.39, 0.29) is 12.4 Å². The fourth-order valence-electron chi connectivity index (χ4n) is 2.78. The highest BCUT2D eigenvalue weighted by Gasteiger charge is 2.22. The van der Waals surface area contributed by atoms with Crippen molar-refractivity contribution in [1.82, 2.24) is 4.40 Å². The molecule has 4 nitrogen and oxygen atoms in total. The minimum atomic E-state index is -0.501. The molecule has 26 heavy (non-hydrogen) atoms. The molecule has 3 aromatic rings. The van der Waals surface area contributed by atoms with Crippen LogP contribution in [0.15, 0.2) is 48.5 Å². The maximum Gasteiger partial charge on any atom is 0.340 e. The highest BCUT2D eigenvalue weighted by molar-refractivity contribution is 6.30. The maximum absolute atomic E-state index is 13.0. The van der Waals surface area contributed by atoms with Gasteiger partial charge in [-0.25, -0.2) is 4.79 Å². The molecule has 0 amide bonds. The van der Waals surface area contributed by atoms with Crippen molar-refractivity contribution in [3.05, 3.63) is 76.1 Å². The van der Waals surface area contributed by atoms with Gasteiger partial charge in [-0.2, -0.15) is 0 Å². The number of ether oxygens (including phenoxy) is 1. The van der Waals surface area contributed by atoms with E-state index in [9.17, 15) is 9.59 Å². The Hall–Kier alpha value is -3.03. The van der Waals surface area contributed by atoms with Crippen LogP contribution in [-0.2, 0) is 4.74 Å². The van der Waals surface area contributed by atoms with Crippen molar-refractivity contribution >= 4 is 28.9 Å². The topological polar surface area (TPSA) is 47.8 Å². The Morgan fingerprint density at radius 2 is 1.92 bits per heavy atom. The van der Waals surface area contributed by atoms with Crippen molar-refractivity contribution in [2.24, 2.45) is 0 Å². The number of nitrogens with zero attached hydrogens (tertiary/aromatic N) is 1. The third-order valence-electron chi connectivity index (χ3n) is 4.02. The van der Waals surface area contributed by atoms with Crippen molar-refractivity contribution in [2.75, 3.05) is 6.61 Å². The van der Waals surface area contributed by atoms with Crippen molar-refractivity contribution in [1.29, 1.82) is 0 Å². The summed E-state index contributed by atoms with van der Waals surface area (Å²) in [4.78, 5) is 25.4. The lowest BCUT2D eigenvalue weighted by atomic mass is 10.1. The zero-order chi connectivity index (χ0) is 18.7. The molecule has 0 radical (unpaired) electrons. The molecule has 0 fully saturated rings. The molecule has 2 heterocycles. The van der Waals surface area contributed by atoms with Crippen LogP contribution < -0.4 is 0 Å². The number of aromatic nitrogens is 1. The number of terminal acetylenes is 1. The fourth-order valence-corrected chi connectivity index (χ4v) is 2.91. The minimum Gasteiger partial charge on any atom is -0.461 e. The number of benzene rings is 1. The smallest absolute Gasteiger partial charge is 0.340 e. The Bertz CT molecular complexity index is 1030. The van der Waals surface area contributed by atoms with E-state index in [1.54, 1.807) is 40.8 Å². The Balaban J connectivity index is 2.08. The first kappa shape index (κ1) is 17.8. The predicted octanol–water partition coefficient (Wildman–Crippen LogP) is 4.31. The largest absolute Gasteiger partial charge is 0.461 e. The van der Waals surface area contributed by atoms with Crippen molar-refractivity contribution in [2.45, 2.75) is 13.3 Å². The van der Waals surface area contributed by atoms with Crippen LogP contribution in [0.1, 0.15) is 38.5 Å². The maximum atomic E-state index is 13.0. The zero-order valence-corrected chi connectivity index (χ0v) is 14.9. The Morgan fingerprint density at radius 3 is 2.62 bits per heavy atom. The monoisotopic (exact) mass is 365 g/mol. The number of fused-ring (bicyclic) bond motifs is 1. The third kappa shape index (κ3) is 3.35. The molecule has 0 atom stereocenters. The Labute approximate surface area is 156 Å². The molecule has 3 rings (SSSR count). The quantitative estimate of drug-likeness (QED) is 0.293. The van der Waals surface area contributed by atoms with Crippen LogP contribution >= 0.6 is 11.6 Å². The van der Waals surface area contributed by atoms with Crippen LogP contribution in [0.5, 0.6) is 0 Å².